The second kappa shape index (κ2) is 34.0. The molecule has 10 aromatic rings. The number of rotatable bonds is 32. The van der Waals surface area contributed by atoms with Gasteiger partial charge in [-0.1, -0.05) is 192 Å². The molecule has 0 spiro atoms. The van der Waals surface area contributed by atoms with Gasteiger partial charge in [-0.3, -0.25) is 0 Å². The van der Waals surface area contributed by atoms with Crippen molar-refractivity contribution in [2.75, 3.05) is 36.2 Å². The minimum absolute atomic E-state index is 0.144. The number of phenolic OH excluding ortho intramolecular Hbond substituents is 2. The molecule has 1 aliphatic rings. The maximum absolute atomic E-state index is 14.7. The van der Waals surface area contributed by atoms with Crippen LogP contribution < -0.4 is 39.0 Å². The monoisotopic (exact) mass is 1360 g/mol. The summed E-state index contributed by atoms with van der Waals surface area (Å²) in [7, 11) is 0. The summed E-state index contributed by atoms with van der Waals surface area (Å²) in [5, 5.41) is 53.7. The summed E-state index contributed by atoms with van der Waals surface area (Å²) >= 11 is 0. The summed E-state index contributed by atoms with van der Waals surface area (Å²) < 4.78 is 24.9. The molecule has 0 saturated heterocycles. The molecule has 10 aromatic carbocycles. The predicted octanol–water partition coefficient (Wildman–Crippen LogP) is 22.5. The van der Waals surface area contributed by atoms with E-state index in [2.05, 4.69) is 238 Å². The van der Waals surface area contributed by atoms with Crippen LogP contribution in [0.15, 0.2) is 206 Å². The molecule has 0 bridgehead atoms. The van der Waals surface area contributed by atoms with Crippen LogP contribution >= 0.6 is 0 Å². The van der Waals surface area contributed by atoms with Crippen molar-refractivity contribution in [1.29, 1.82) is 0 Å². The lowest BCUT2D eigenvalue weighted by Gasteiger charge is -2.61. The highest BCUT2D eigenvalue weighted by Gasteiger charge is 2.41. The fraction of sp³-hybridized carbons (Fsp3) is 0.348. The van der Waals surface area contributed by atoms with Crippen LogP contribution in [0.25, 0.3) is 44.5 Å². The van der Waals surface area contributed by atoms with Gasteiger partial charge < -0.3 is 49.2 Å². The molecule has 1 aliphatic carbocycles. The van der Waals surface area contributed by atoms with Gasteiger partial charge in [-0.25, -0.2) is 0 Å². The van der Waals surface area contributed by atoms with Gasteiger partial charge in [-0.15, -0.1) is 12.2 Å². The largest absolute Gasteiger partial charge is 0.851 e. The van der Waals surface area contributed by atoms with Gasteiger partial charge in [0.25, 0.3) is 0 Å². The molecule has 0 unspecified atom stereocenters. The number of anilines is 6. The molecular formula is C92H104N2O8-2. The van der Waals surface area contributed by atoms with Gasteiger partial charge in [0.2, 0.25) is 0 Å². The number of hydrogen-bond donors (Lipinski definition) is 2. The van der Waals surface area contributed by atoms with E-state index < -0.39 is 24.0 Å². The maximum atomic E-state index is 14.7. The molecule has 11 rings (SSSR count). The van der Waals surface area contributed by atoms with Crippen LogP contribution in [-0.4, -0.2) is 48.8 Å². The highest BCUT2D eigenvalue weighted by molar-refractivity contribution is 5.84. The van der Waals surface area contributed by atoms with Gasteiger partial charge in [0.05, 0.1) is 26.4 Å². The lowest BCUT2D eigenvalue weighted by molar-refractivity contribution is -0.536. The Morgan fingerprint density at radius 2 is 0.510 bits per heavy atom. The highest BCUT2D eigenvalue weighted by Crippen LogP contribution is 2.52. The molecule has 1 fully saturated rings. The molecular weight excluding hydrogens is 1260 g/mol. The maximum Gasteiger partial charge on any atom is 0.121 e. The van der Waals surface area contributed by atoms with Gasteiger partial charge in [0.15, 0.2) is 0 Å². The van der Waals surface area contributed by atoms with Crippen LogP contribution in [0.1, 0.15) is 152 Å². The first-order chi connectivity index (χ1) is 49.5. The van der Waals surface area contributed by atoms with E-state index in [0.717, 1.165) is 164 Å². The van der Waals surface area contributed by atoms with Gasteiger partial charge in [-0.05, 0) is 250 Å². The van der Waals surface area contributed by atoms with Crippen LogP contribution in [0.2, 0.25) is 0 Å². The molecule has 2 N–H and O–H groups in total. The number of nitrogens with zero attached hydrogens (tertiary/aromatic N) is 2. The molecule has 0 amide bonds. The summed E-state index contributed by atoms with van der Waals surface area (Å²) in [6, 6.07) is 69.2. The summed E-state index contributed by atoms with van der Waals surface area (Å²) in [5.41, 5.74) is 18.3. The predicted molar refractivity (Wildman–Crippen MR) is 418 cm³/mol. The molecule has 0 aromatic heterocycles. The number of aryl methyl sites for hydroxylation is 4. The molecule has 0 aliphatic heterocycles. The molecule has 0 heterocycles. The minimum atomic E-state index is -1.45. The third-order valence-electron chi connectivity index (χ3n) is 21.8. The summed E-state index contributed by atoms with van der Waals surface area (Å²) in [6.07, 6.45) is 5.73. The zero-order valence-electron chi connectivity index (χ0n) is 62.0. The van der Waals surface area contributed by atoms with Crippen LogP contribution in [-0.2, 0) is 0 Å². The molecule has 0 radical (unpaired) electrons. The SMILES string of the molecule is CCC(CC)COc1ccc(-c2ccc(N(c3ccc(-c4ccc(OCC(CC)CC)cc4C)cc3)c3ccc(C4C([O-])C(c5ccc(N(c6ccc(-c7ccc(OCC(CC)CC)cc7C)cc6)c6ccc(-c7ccc(OCC(CC)CC)cc7C)cc6)cc5O)C4[O-])c(O)c3)cc2)c(C)c1. The van der Waals surface area contributed by atoms with E-state index in [9.17, 15) is 20.4 Å². The second-order valence-electron chi connectivity index (χ2n) is 28.2. The normalized spacial score (nSPS) is 15.1. The van der Waals surface area contributed by atoms with Gasteiger partial charge >= 0.3 is 0 Å². The van der Waals surface area contributed by atoms with Crippen LogP contribution in [0.4, 0.5) is 34.1 Å². The fourth-order valence-corrected chi connectivity index (χ4v) is 14.5. The van der Waals surface area contributed by atoms with Crippen molar-refractivity contribution in [3.8, 4) is 79.0 Å². The standard InChI is InChI=1S/C92H104N2O8/c1-13-63(14-2)55-99-77-39-45-81(59(9)49-77)67-21-29-71(30-22-67)93(72-31-23-68(24-32-72)82-46-40-78(50-60(82)10)100-56-64(15-3)16-4)75-37-43-85(87(95)53-75)89-91(97)90(92(89)98)86-44-38-76(54-88(86)96)94(73-33-25-69(26-34-73)83-47-41-79(51-61(83)11)101-57-65(17-5)18-6)74-35-27-70(28-36-74)84-48-42-80(52-62(84)12)102-58-66(19-7)20-8/h21-54,63-66,89-92,95-96H,13-20,55-58H2,1-12H3/q-2. The van der Waals surface area contributed by atoms with E-state index in [1.54, 1.807) is 24.3 Å². The number of ether oxygens (including phenoxy) is 4. The van der Waals surface area contributed by atoms with Crippen molar-refractivity contribution >= 4 is 34.1 Å². The molecule has 1 saturated carbocycles. The lowest BCUT2D eigenvalue weighted by Crippen LogP contribution is -2.63. The molecule has 0 atom stereocenters. The smallest absolute Gasteiger partial charge is 0.121 e. The third-order valence-corrected chi connectivity index (χ3v) is 21.8. The van der Waals surface area contributed by atoms with Gasteiger partial charge in [-0.2, -0.15) is 0 Å². The van der Waals surface area contributed by atoms with E-state index in [-0.39, 0.29) is 22.6 Å². The van der Waals surface area contributed by atoms with Gasteiger partial charge in [0.1, 0.15) is 34.5 Å². The highest BCUT2D eigenvalue weighted by atomic mass is 16.5. The lowest BCUT2D eigenvalue weighted by atomic mass is 9.63. The van der Waals surface area contributed by atoms with Crippen molar-refractivity contribution in [2.24, 2.45) is 23.7 Å². The third kappa shape index (κ3) is 16.7. The number of aromatic hydroxyl groups is 2. The first-order valence-corrected chi connectivity index (χ1v) is 37.4. The quantitative estimate of drug-likeness (QED) is 0.0420. The zero-order chi connectivity index (χ0) is 72.1. The Labute approximate surface area is 607 Å². The molecule has 102 heavy (non-hydrogen) atoms. The average molecular weight is 1370 g/mol. The first kappa shape index (κ1) is 73.7. The zero-order valence-corrected chi connectivity index (χ0v) is 62.0. The summed E-state index contributed by atoms with van der Waals surface area (Å²) in [6.45, 7) is 28.9. The van der Waals surface area contributed by atoms with Crippen molar-refractivity contribution in [1.82, 2.24) is 0 Å². The molecule has 10 nitrogen and oxygen atoms in total. The van der Waals surface area contributed by atoms with Crippen molar-refractivity contribution in [2.45, 2.75) is 158 Å². The van der Waals surface area contributed by atoms with Crippen LogP contribution in [0.3, 0.4) is 0 Å². The van der Waals surface area contributed by atoms with E-state index in [4.69, 9.17) is 18.9 Å². The Morgan fingerprint density at radius 3 is 0.706 bits per heavy atom. The fourth-order valence-electron chi connectivity index (χ4n) is 14.5. The Balaban J connectivity index is 0.866. The Hall–Kier alpha value is -9.48. The van der Waals surface area contributed by atoms with Crippen molar-refractivity contribution in [3.63, 3.8) is 0 Å². The summed E-state index contributed by atoms with van der Waals surface area (Å²) in [4.78, 5) is 4.16. The number of hydrogen-bond acceptors (Lipinski definition) is 10. The topological polar surface area (TPSA) is 130 Å². The van der Waals surface area contributed by atoms with Crippen LogP contribution in [0, 0.1) is 51.4 Å². The average Bonchev–Trinajstić information content (AvgIpc) is 0.736. The second-order valence-corrected chi connectivity index (χ2v) is 28.2. The Morgan fingerprint density at radius 1 is 0.294 bits per heavy atom. The van der Waals surface area contributed by atoms with E-state index in [1.165, 1.54) is 0 Å². The molecule has 10 heteroatoms. The number of benzene rings is 10. The Bertz CT molecular complexity index is 3870. The van der Waals surface area contributed by atoms with Crippen LogP contribution in [0.5, 0.6) is 34.5 Å². The molecule has 532 valence electrons. The van der Waals surface area contributed by atoms with E-state index >= 15 is 0 Å². The first-order valence-electron chi connectivity index (χ1n) is 37.4. The van der Waals surface area contributed by atoms with Crippen molar-refractivity contribution < 1.29 is 39.4 Å². The van der Waals surface area contributed by atoms with Crippen molar-refractivity contribution in [3.05, 3.63) is 240 Å². The minimum Gasteiger partial charge on any atom is -0.851 e. The number of phenols is 2. The van der Waals surface area contributed by atoms with E-state index in [0.29, 0.717) is 61.5 Å². The van der Waals surface area contributed by atoms with Gasteiger partial charge in [0, 0.05) is 46.3 Å². The summed E-state index contributed by atoms with van der Waals surface area (Å²) in [5.74, 6) is 3.10. The Kier molecular flexibility index (Phi) is 24.6. The van der Waals surface area contributed by atoms with E-state index in [1.807, 2.05) is 36.4 Å².